The fourth-order valence-electron chi connectivity index (χ4n) is 2.41. The molecule has 0 fully saturated rings. The average Bonchev–Trinajstić information content (AvgIpc) is 2.96. The third-order valence-corrected chi connectivity index (χ3v) is 3.73. The highest BCUT2D eigenvalue weighted by molar-refractivity contribution is 5.96. The largest absolute Gasteiger partial charge is 0.497 e. The summed E-state index contributed by atoms with van der Waals surface area (Å²) in [5.74, 6) is 0.449. The van der Waals surface area contributed by atoms with Crippen molar-refractivity contribution in [1.29, 1.82) is 0 Å². The van der Waals surface area contributed by atoms with Crippen LogP contribution in [0.3, 0.4) is 0 Å². The molecule has 3 aromatic rings. The van der Waals surface area contributed by atoms with Crippen molar-refractivity contribution in [2.75, 3.05) is 20.3 Å². The molecule has 0 saturated carbocycles. The summed E-state index contributed by atoms with van der Waals surface area (Å²) >= 11 is 0. The van der Waals surface area contributed by atoms with Gasteiger partial charge in [0.15, 0.2) is 0 Å². The molecule has 0 atom stereocenters. The van der Waals surface area contributed by atoms with Gasteiger partial charge in [0.05, 0.1) is 7.11 Å². The summed E-state index contributed by atoms with van der Waals surface area (Å²) in [5.41, 5.74) is 1.28. The number of carbonyl (C=O) groups is 1. The van der Waals surface area contributed by atoms with Crippen molar-refractivity contribution in [3.8, 4) is 11.5 Å². The summed E-state index contributed by atoms with van der Waals surface area (Å²) in [6.45, 7) is 2.00. The molecule has 130 valence electrons. The maximum absolute atomic E-state index is 12.8. The molecule has 1 heterocycles. The molecule has 5 nitrogen and oxygen atoms in total. The SMILES string of the molecule is COc1ccc2oc(C(=O)OCCOc3ccc(F)cc3)c(C)c2c1. The van der Waals surface area contributed by atoms with Gasteiger partial charge >= 0.3 is 5.97 Å². The van der Waals surface area contributed by atoms with Crippen molar-refractivity contribution >= 4 is 16.9 Å². The highest BCUT2D eigenvalue weighted by Gasteiger charge is 2.19. The third-order valence-electron chi connectivity index (χ3n) is 3.73. The molecule has 0 aliphatic heterocycles. The van der Waals surface area contributed by atoms with Crippen LogP contribution in [0.4, 0.5) is 4.39 Å². The van der Waals surface area contributed by atoms with Crippen LogP contribution in [0, 0.1) is 12.7 Å². The van der Waals surface area contributed by atoms with Crippen molar-refractivity contribution in [2.24, 2.45) is 0 Å². The third kappa shape index (κ3) is 3.74. The summed E-state index contributed by atoms with van der Waals surface area (Å²) in [6.07, 6.45) is 0. The second-order valence-corrected chi connectivity index (χ2v) is 5.36. The van der Waals surface area contributed by atoms with Crippen molar-refractivity contribution in [3.05, 3.63) is 59.6 Å². The molecule has 25 heavy (non-hydrogen) atoms. The molecular weight excluding hydrogens is 327 g/mol. The van der Waals surface area contributed by atoms with Gasteiger partial charge in [-0.3, -0.25) is 0 Å². The van der Waals surface area contributed by atoms with E-state index in [9.17, 15) is 9.18 Å². The van der Waals surface area contributed by atoms with Gasteiger partial charge in [-0.05, 0) is 49.4 Å². The second kappa shape index (κ2) is 7.25. The number of methoxy groups -OCH3 is 1. The van der Waals surface area contributed by atoms with Gasteiger partial charge in [-0.2, -0.15) is 0 Å². The molecule has 0 bridgehead atoms. The first-order valence-corrected chi connectivity index (χ1v) is 7.71. The van der Waals surface area contributed by atoms with Crippen LogP contribution in [0.15, 0.2) is 46.9 Å². The van der Waals surface area contributed by atoms with E-state index in [0.29, 0.717) is 22.6 Å². The lowest BCUT2D eigenvalue weighted by molar-refractivity contribution is 0.0416. The lowest BCUT2D eigenvalue weighted by Crippen LogP contribution is -2.12. The van der Waals surface area contributed by atoms with E-state index in [2.05, 4.69) is 0 Å². The van der Waals surface area contributed by atoms with Crippen LogP contribution in [0.2, 0.25) is 0 Å². The molecule has 3 rings (SSSR count). The predicted molar refractivity (Wildman–Crippen MR) is 89.7 cm³/mol. The van der Waals surface area contributed by atoms with Gasteiger partial charge in [0.25, 0.3) is 0 Å². The molecule has 0 amide bonds. The van der Waals surface area contributed by atoms with Crippen LogP contribution < -0.4 is 9.47 Å². The fourth-order valence-corrected chi connectivity index (χ4v) is 2.41. The van der Waals surface area contributed by atoms with Crippen molar-refractivity contribution < 1.29 is 27.8 Å². The first-order chi connectivity index (χ1) is 12.1. The Balaban J connectivity index is 1.60. The van der Waals surface area contributed by atoms with Gasteiger partial charge < -0.3 is 18.6 Å². The van der Waals surface area contributed by atoms with Crippen LogP contribution in [0.1, 0.15) is 16.1 Å². The van der Waals surface area contributed by atoms with Crippen molar-refractivity contribution in [2.45, 2.75) is 6.92 Å². The summed E-state index contributed by atoms with van der Waals surface area (Å²) in [7, 11) is 1.58. The Morgan fingerprint density at radius 1 is 1.08 bits per heavy atom. The van der Waals surface area contributed by atoms with E-state index in [1.54, 1.807) is 26.2 Å². The maximum Gasteiger partial charge on any atom is 0.374 e. The van der Waals surface area contributed by atoms with Gasteiger partial charge in [0.2, 0.25) is 5.76 Å². The molecule has 2 aromatic carbocycles. The Morgan fingerprint density at radius 3 is 2.52 bits per heavy atom. The van der Waals surface area contributed by atoms with E-state index in [1.807, 2.05) is 6.07 Å². The summed E-state index contributed by atoms with van der Waals surface area (Å²) < 4.78 is 34.1. The number of esters is 1. The summed E-state index contributed by atoms with van der Waals surface area (Å²) in [4.78, 5) is 12.2. The van der Waals surface area contributed by atoms with E-state index < -0.39 is 5.97 Å². The minimum Gasteiger partial charge on any atom is -0.497 e. The van der Waals surface area contributed by atoms with Crippen LogP contribution in [0.25, 0.3) is 11.0 Å². The Labute approximate surface area is 143 Å². The molecule has 0 aliphatic carbocycles. The molecule has 0 unspecified atom stereocenters. The summed E-state index contributed by atoms with van der Waals surface area (Å²) in [5, 5.41) is 0.800. The zero-order valence-corrected chi connectivity index (χ0v) is 13.9. The molecular formula is C19H17FO5. The lowest BCUT2D eigenvalue weighted by Gasteiger charge is -2.06. The zero-order chi connectivity index (χ0) is 17.8. The molecule has 0 N–H and O–H groups in total. The molecule has 1 aromatic heterocycles. The number of fused-ring (bicyclic) bond motifs is 1. The van der Waals surface area contributed by atoms with E-state index >= 15 is 0 Å². The number of furan rings is 1. The highest BCUT2D eigenvalue weighted by atomic mass is 19.1. The quantitative estimate of drug-likeness (QED) is 0.497. The smallest absolute Gasteiger partial charge is 0.374 e. The number of hydrogen-bond acceptors (Lipinski definition) is 5. The lowest BCUT2D eigenvalue weighted by atomic mass is 10.1. The number of halogens is 1. The van der Waals surface area contributed by atoms with Crippen LogP contribution in [-0.4, -0.2) is 26.3 Å². The van der Waals surface area contributed by atoms with Crippen LogP contribution in [0.5, 0.6) is 11.5 Å². The number of rotatable bonds is 6. The number of aryl methyl sites for hydroxylation is 1. The van der Waals surface area contributed by atoms with Gasteiger partial charge in [-0.1, -0.05) is 0 Å². The number of benzene rings is 2. The number of hydrogen-bond donors (Lipinski definition) is 0. The van der Waals surface area contributed by atoms with E-state index in [1.165, 1.54) is 24.3 Å². The van der Waals surface area contributed by atoms with Gasteiger partial charge in [-0.25, -0.2) is 9.18 Å². The van der Waals surface area contributed by atoms with E-state index in [4.69, 9.17) is 18.6 Å². The van der Waals surface area contributed by atoms with E-state index in [-0.39, 0.29) is 24.8 Å². The normalized spacial score (nSPS) is 10.7. The minimum atomic E-state index is -0.560. The van der Waals surface area contributed by atoms with E-state index in [0.717, 1.165) is 5.39 Å². The monoisotopic (exact) mass is 344 g/mol. The average molecular weight is 344 g/mol. The Kier molecular flexibility index (Phi) is 4.88. The number of ether oxygens (including phenoxy) is 3. The molecule has 0 spiro atoms. The first-order valence-electron chi connectivity index (χ1n) is 7.71. The Bertz CT molecular complexity index is 883. The Hall–Kier alpha value is -3.02. The second-order valence-electron chi connectivity index (χ2n) is 5.36. The maximum atomic E-state index is 12.8. The fraction of sp³-hybridized carbons (Fsp3) is 0.211. The zero-order valence-electron chi connectivity index (χ0n) is 13.9. The first kappa shape index (κ1) is 16.8. The molecule has 0 radical (unpaired) electrons. The summed E-state index contributed by atoms with van der Waals surface area (Å²) in [6, 6.07) is 10.9. The molecule has 0 saturated heterocycles. The van der Waals surface area contributed by atoms with Crippen LogP contribution >= 0.6 is 0 Å². The number of carbonyl (C=O) groups excluding carboxylic acids is 1. The highest BCUT2D eigenvalue weighted by Crippen LogP contribution is 2.29. The topological polar surface area (TPSA) is 57.9 Å². The van der Waals surface area contributed by atoms with Crippen LogP contribution in [-0.2, 0) is 4.74 Å². The molecule has 6 heteroatoms. The molecule has 0 aliphatic rings. The van der Waals surface area contributed by atoms with Gasteiger partial charge in [0, 0.05) is 10.9 Å². The van der Waals surface area contributed by atoms with Crippen molar-refractivity contribution in [1.82, 2.24) is 0 Å². The van der Waals surface area contributed by atoms with Gasteiger partial charge in [-0.15, -0.1) is 0 Å². The van der Waals surface area contributed by atoms with Gasteiger partial charge in [0.1, 0.15) is 36.1 Å². The Morgan fingerprint density at radius 2 is 1.80 bits per heavy atom. The standard InChI is InChI=1S/C19H17FO5/c1-12-16-11-15(22-2)7-8-17(16)25-18(12)19(21)24-10-9-23-14-5-3-13(20)4-6-14/h3-8,11H,9-10H2,1-2H3. The van der Waals surface area contributed by atoms with Crippen molar-refractivity contribution in [3.63, 3.8) is 0 Å². The minimum absolute atomic E-state index is 0.0516. The predicted octanol–water partition coefficient (Wildman–Crippen LogP) is 4.12.